The summed E-state index contributed by atoms with van der Waals surface area (Å²) < 4.78 is 26.7. The lowest BCUT2D eigenvalue weighted by Crippen LogP contribution is -2.48. The Kier molecular flexibility index (Phi) is 4.40. The first-order valence-corrected chi connectivity index (χ1v) is 9.94. The molecular weight excluding hydrogens is 330 g/mol. The van der Waals surface area contributed by atoms with E-state index < -0.39 is 15.4 Å². The van der Waals surface area contributed by atoms with Gasteiger partial charge in [-0.15, -0.1) is 0 Å². The Morgan fingerprint density at radius 2 is 1.78 bits per heavy atom. The molecule has 1 saturated heterocycles. The summed E-state index contributed by atoms with van der Waals surface area (Å²) in [4.78, 5) is 12.7. The molecule has 23 heavy (non-hydrogen) atoms. The number of nitrogens with zero attached hydrogens (tertiary/aromatic N) is 1. The fraction of sp³-hybridized carbons (Fsp3) is 0.353. The molecule has 0 N–H and O–H groups in total. The van der Waals surface area contributed by atoms with E-state index in [1.807, 2.05) is 30.3 Å². The highest BCUT2D eigenvalue weighted by Crippen LogP contribution is 2.38. The summed E-state index contributed by atoms with van der Waals surface area (Å²) in [6.07, 6.45) is 1.05. The monoisotopic (exact) mass is 349 g/mol. The van der Waals surface area contributed by atoms with Crippen molar-refractivity contribution in [2.75, 3.05) is 13.1 Å². The molecule has 0 unspecified atom stereocenters. The Morgan fingerprint density at radius 1 is 1.13 bits per heavy atom. The van der Waals surface area contributed by atoms with Gasteiger partial charge in [-0.05, 0) is 36.8 Å². The minimum absolute atomic E-state index is 0.108. The molecule has 1 aliphatic heterocycles. The van der Waals surface area contributed by atoms with Gasteiger partial charge in [0.2, 0.25) is 10.0 Å². The molecule has 0 bridgehead atoms. The number of thiophene rings is 1. The van der Waals surface area contributed by atoms with Crippen LogP contribution in [0, 0.1) is 0 Å². The maximum Gasteiger partial charge on any atom is 0.243 e. The van der Waals surface area contributed by atoms with Crippen LogP contribution in [0.5, 0.6) is 0 Å². The molecule has 0 radical (unpaired) electrons. The second-order valence-corrected chi connectivity index (χ2v) is 8.59. The van der Waals surface area contributed by atoms with Crippen molar-refractivity contribution in [3.8, 4) is 0 Å². The van der Waals surface area contributed by atoms with E-state index in [2.05, 4.69) is 0 Å². The molecule has 6 heteroatoms. The van der Waals surface area contributed by atoms with Gasteiger partial charge in [0.05, 0.1) is 10.3 Å². The zero-order valence-corrected chi connectivity index (χ0v) is 14.6. The molecule has 0 spiro atoms. The number of sulfonamides is 1. The lowest BCUT2D eigenvalue weighted by Gasteiger charge is -2.39. The van der Waals surface area contributed by atoms with Crippen LogP contribution in [-0.4, -0.2) is 31.6 Å². The van der Waals surface area contributed by atoms with Crippen LogP contribution in [0.25, 0.3) is 0 Å². The van der Waals surface area contributed by atoms with E-state index >= 15 is 0 Å². The molecule has 4 nitrogen and oxygen atoms in total. The molecule has 1 aliphatic rings. The summed E-state index contributed by atoms with van der Waals surface area (Å²) in [5.41, 5.74) is 0.419. The van der Waals surface area contributed by atoms with Crippen molar-refractivity contribution in [3.05, 3.63) is 52.7 Å². The zero-order valence-electron chi connectivity index (χ0n) is 12.9. The highest BCUT2D eigenvalue weighted by atomic mass is 32.2. The van der Waals surface area contributed by atoms with E-state index in [1.54, 1.807) is 23.8 Å². The number of carbonyl (C=O) groups excluding carboxylic acids is 1. The maximum atomic E-state index is 12.6. The van der Waals surface area contributed by atoms with Crippen LogP contribution in [0.15, 0.2) is 52.1 Å². The Bertz CT molecular complexity index is 775. The molecule has 2 aromatic rings. The number of benzene rings is 1. The first kappa shape index (κ1) is 16.4. The van der Waals surface area contributed by atoms with Crippen molar-refractivity contribution < 1.29 is 13.2 Å². The molecule has 122 valence electrons. The first-order chi connectivity index (χ1) is 11.0. The van der Waals surface area contributed by atoms with Crippen LogP contribution in [0.2, 0.25) is 0 Å². The molecule has 1 aromatic carbocycles. The van der Waals surface area contributed by atoms with E-state index in [0.29, 0.717) is 30.8 Å². The van der Waals surface area contributed by atoms with Crippen molar-refractivity contribution >= 4 is 27.1 Å². The minimum atomic E-state index is -3.44. The third-order valence-electron chi connectivity index (χ3n) is 4.71. The van der Waals surface area contributed by atoms with Crippen molar-refractivity contribution in [1.82, 2.24) is 4.31 Å². The van der Waals surface area contributed by atoms with Crippen molar-refractivity contribution in [1.29, 1.82) is 0 Å². The molecule has 0 aliphatic carbocycles. The van der Waals surface area contributed by atoms with E-state index in [4.69, 9.17) is 0 Å². The van der Waals surface area contributed by atoms with Crippen LogP contribution in [0.3, 0.4) is 0 Å². The second-order valence-electron chi connectivity index (χ2n) is 5.87. The minimum Gasteiger partial charge on any atom is -0.299 e. The first-order valence-electron chi connectivity index (χ1n) is 7.56. The largest absolute Gasteiger partial charge is 0.299 e. The number of ketones is 1. The molecule has 0 atom stereocenters. The number of Topliss-reactive ketones (excluding diaryl/α,β-unsaturated/α-hetero) is 1. The SMILES string of the molecule is CC(=O)C1(c2ccccc2)CCN(S(=O)(=O)c2ccsc2)CC1. The summed E-state index contributed by atoms with van der Waals surface area (Å²) in [5.74, 6) is 0.108. The summed E-state index contributed by atoms with van der Waals surface area (Å²) in [7, 11) is -3.44. The van der Waals surface area contributed by atoms with Crippen molar-refractivity contribution in [3.63, 3.8) is 0 Å². The summed E-state index contributed by atoms with van der Waals surface area (Å²) in [6, 6.07) is 11.3. The Morgan fingerprint density at radius 3 is 2.30 bits per heavy atom. The topological polar surface area (TPSA) is 54.5 Å². The van der Waals surface area contributed by atoms with Crippen LogP contribution in [0.4, 0.5) is 0 Å². The van der Waals surface area contributed by atoms with E-state index in [9.17, 15) is 13.2 Å². The lowest BCUT2D eigenvalue weighted by molar-refractivity contribution is -0.123. The molecule has 1 fully saturated rings. The number of hydrogen-bond acceptors (Lipinski definition) is 4. The Hall–Kier alpha value is -1.50. The third kappa shape index (κ3) is 2.86. The van der Waals surface area contributed by atoms with Gasteiger partial charge in [-0.3, -0.25) is 4.79 Å². The number of carbonyl (C=O) groups is 1. The fourth-order valence-electron chi connectivity index (χ4n) is 3.26. The Labute approximate surface area is 140 Å². The summed E-state index contributed by atoms with van der Waals surface area (Å²) >= 11 is 1.37. The van der Waals surface area contributed by atoms with Gasteiger partial charge in [0, 0.05) is 18.5 Å². The average Bonchev–Trinajstić information content (AvgIpc) is 3.11. The lowest BCUT2D eigenvalue weighted by atomic mass is 9.70. The van der Waals surface area contributed by atoms with E-state index in [-0.39, 0.29) is 5.78 Å². The Balaban J connectivity index is 1.86. The van der Waals surface area contributed by atoms with Gasteiger partial charge in [0.1, 0.15) is 5.78 Å². The quantitative estimate of drug-likeness (QED) is 0.852. The van der Waals surface area contributed by atoms with Gasteiger partial charge in [0.15, 0.2) is 0 Å². The van der Waals surface area contributed by atoms with Crippen LogP contribution in [0.1, 0.15) is 25.3 Å². The van der Waals surface area contributed by atoms with E-state index in [1.165, 1.54) is 15.6 Å². The molecule has 2 heterocycles. The zero-order chi connectivity index (χ0) is 16.5. The highest BCUT2D eigenvalue weighted by molar-refractivity contribution is 7.89. The molecular formula is C17H19NO3S2. The predicted octanol–water partition coefficient (Wildman–Crippen LogP) is 3.06. The standard InChI is InChI=1S/C17H19NO3S2/c1-14(19)17(15-5-3-2-4-6-15)8-10-18(11-9-17)23(20,21)16-7-12-22-13-16/h2-7,12-13H,8-11H2,1H3. The fourth-order valence-corrected chi connectivity index (χ4v) is 5.71. The average molecular weight is 349 g/mol. The molecule has 1 aromatic heterocycles. The van der Waals surface area contributed by atoms with Gasteiger partial charge in [-0.2, -0.15) is 15.6 Å². The van der Waals surface area contributed by atoms with Crippen LogP contribution in [-0.2, 0) is 20.2 Å². The van der Waals surface area contributed by atoms with Gasteiger partial charge >= 0.3 is 0 Å². The van der Waals surface area contributed by atoms with Crippen molar-refractivity contribution in [2.24, 2.45) is 0 Å². The number of hydrogen-bond donors (Lipinski definition) is 0. The normalized spacial score (nSPS) is 18.7. The van der Waals surface area contributed by atoms with Gasteiger partial charge in [0.25, 0.3) is 0 Å². The third-order valence-corrected chi connectivity index (χ3v) is 7.44. The predicted molar refractivity (Wildman–Crippen MR) is 91.1 cm³/mol. The summed E-state index contributed by atoms with van der Waals surface area (Å²) in [6.45, 7) is 2.34. The maximum absolute atomic E-state index is 12.6. The van der Waals surface area contributed by atoms with Gasteiger partial charge in [-0.25, -0.2) is 8.42 Å². The molecule has 3 rings (SSSR count). The highest BCUT2D eigenvalue weighted by Gasteiger charge is 2.43. The molecule has 0 amide bonds. The van der Waals surface area contributed by atoms with E-state index in [0.717, 1.165) is 5.56 Å². The van der Waals surface area contributed by atoms with Gasteiger partial charge in [-0.1, -0.05) is 30.3 Å². The number of piperidine rings is 1. The smallest absolute Gasteiger partial charge is 0.243 e. The molecule has 0 saturated carbocycles. The van der Waals surface area contributed by atoms with Gasteiger partial charge < -0.3 is 0 Å². The van der Waals surface area contributed by atoms with Crippen LogP contribution < -0.4 is 0 Å². The van der Waals surface area contributed by atoms with Crippen molar-refractivity contribution in [2.45, 2.75) is 30.1 Å². The summed E-state index contributed by atoms with van der Waals surface area (Å²) in [5, 5.41) is 3.42. The second kappa shape index (κ2) is 6.19. The number of rotatable bonds is 4. The van der Waals surface area contributed by atoms with Crippen LogP contribution >= 0.6 is 11.3 Å².